The number of pyridine rings is 1. The molecule has 0 fully saturated rings. The molecule has 5 nitrogen and oxygen atoms in total. The lowest BCUT2D eigenvalue weighted by Crippen LogP contribution is -2.07. The van der Waals surface area contributed by atoms with Crippen LogP contribution in [-0.2, 0) is 16.1 Å². The second-order valence-corrected chi connectivity index (χ2v) is 3.43. The van der Waals surface area contributed by atoms with Crippen LogP contribution in [0.1, 0.15) is 34.2 Å². The Morgan fingerprint density at radius 1 is 1.50 bits per heavy atom. The fraction of sp³-hybridized carbons (Fsp3) is 0.364. The van der Waals surface area contributed by atoms with E-state index in [1.54, 1.807) is 13.8 Å². The summed E-state index contributed by atoms with van der Waals surface area (Å²) in [5.41, 5.74) is 1.52. The molecule has 86 valence electrons. The molecule has 0 bridgehead atoms. The van der Waals surface area contributed by atoms with Crippen LogP contribution < -0.4 is 0 Å². The minimum atomic E-state index is -0.448. The molecule has 0 amide bonds. The van der Waals surface area contributed by atoms with Crippen molar-refractivity contribution in [2.75, 3.05) is 0 Å². The van der Waals surface area contributed by atoms with Gasteiger partial charge in [-0.05, 0) is 13.8 Å². The molecule has 0 spiro atoms. The van der Waals surface area contributed by atoms with Crippen LogP contribution in [0.4, 0.5) is 0 Å². The van der Waals surface area contributed by atoms with Crippen molar-refractivity contribution < 1.29 is 19.4 Å². The minimum Gasteiger partial charge on any atom is -0.506 e. The number of hydrogen-bond donors (Lipinski definition) is 1. The monoisotopic (exact) mass is 223 g/mol. The van der Waals surface area contributed by atoms with Crippen molar-refractivity contribution in [2.24, 2.45) is 0 Å². The number of esters is 1. The van der Waals surface area contributed by atoms with E-state index in [2.05, 4.69) is 4.98 Å². The van der Waals surface area contributed by atoms with Crippen LogP contribution in [0.2, 0.25) is 0 Å². The molecular formula is C11H13NO4. The van der Waals surface area contributed by atoms with Gasteiger partial charge in [0.25, 0.3) is 0 Å². The van der Waals surface area contributed by atoms with Crippen molar-refractivity contribution in [3.8, 4) is 5.75 Å². The molecule has 0 unspecified atom stereocenters. The van der Waals surface area contributed by atoms with Gasteiger partial charge in [-0.15, -0.1) is 0 Å². The average Bonchev–Trinajstić information content (AvgIpc) is 2.23. The van der Waals surface area contributed by atoms with E-state index < -0.39 is 5.97 Å². The number of carbonyl (C=O) groups excluding carboxylic acids is 2. The minimum absolute atomic E-state index is 0.0211. The van der Waals surface area contributed by atoms with Crippen molar-refractivity contribution in [3.05, 3.63) is 22.5 Å². The highest BCUT2D eigenvalue weighted by Crippen LogP contribution is 2.25. The zero-order chi connectivity index (χ0) is 12.3. The largest absolute Gasteiger partial charge is 0.506 e. The van der Waals surface area contributed by atoms with Gasteiger partial charge in [-0.1, -0.05) is 0 Å². The van der Waals surface area contributed by atoms with Crippen molar-refractivity contribution in [3.63, 3.8) is 0 Å². The maximum absolute atomic E-state index is 10.8. The Morgan fingerprint density at radius 2 is 2.12 bits per heavy atom. The summed E-state index contributed by atoms with van der Waals surface area (Å²) in [6.07, 6.45) is 0.582. The summed E-state index contributed by atoms with van der Waals surface area (Å²) in [6, 6.07) is 0. The Labute approximate surface area is 93.1 Å². The topological polar surface area (TPSA) is 76.5 Å². The Hall–Kier alpha value is -1.91. The van der Waals surface area contributed by atoms with Gasteiger partial charge in [-0.2, -0.15) is 0 Å². The quantitative estimate of drug-likeness (QED) is 0.617. The maximum atomic E-state index is 10.8. The molecule has 16 heavy (non-hydrogen) atoms. The highest BCUT2D eigenvalue weighted by molar-refractivity contribution is 5.76. The van der Waals surface area contributed by atoms with Gasteiger partial charge in [-0.3, -0.25) is 9.59 Å². The molecule has 0 aromatic carbocycles. The van der Waals surface area contributed by atoms with Gasteiger partial charge in [0.2, 0.25) is 0 Å². The van der Waals surface area contributed by atoms with Crippen molar-refractivity contribution in [1.82, 2.24) is 4.98 Å². The summed E-state index contributed by atoms with van der Waals surface area (Å²) < 4.78 is 4.80. The van der Waals surface area contributed by atoms with Gasteiger partial charge in [0.05, 0.1) is 5.69 Å². The lowest BCUT2D eigenvalue weighted by Gasteiger charge is -2.11. The molecule has 1 aromatic rings. The molecule has 0 saturated carbocycles. The molecular weight excluding hydrogens is 210 g/mol. The van der Waals surface area contributed by atoms with Crippen LogP contribution in [0.3, 0.4) is 0 Å². The first-order valence-electron chi connectivity index (χ1n) is 4.75. The SMILES string of the molecule is CC(=O)OCc1c(C=O)nc(C)c(O)c1C. The van der Waals surface area contributed by atoms with E-state index in [0.29, 0.717) is 23.1 Å². The normalized spacial score (nSPS) is 9.94. The summed E-state index contributed by atoms with van der Waals surface area (Å²) >= 11 is 0. The van der Waals surface area contributed by atoms with E-state index in [1.165, 1.54) is 6.92 Å². The summed E-state index contributed by atoms with van der Waals surface area (Å²) in [6.45, 7) is 4.47. The Balaban J connectivity index is 3.19. The third kappa shape index (κ3) is 2.36. The molecule has 0 atom stereocenters. The number of carbonyl (C=O) groups is 2. The van der Waals surface area contributed by atoms with Crippen LogP contribution in [-0.4, -0.2) is 22.3 Å². The van der Waals surface area contributed by atoms with Gasteiger partial charge in [0.15, 0.2) is 6.29 Å². The number of nitrogens with zero attached hydrogens (tertiary/aromatic N) is 1. The smallest absolute Gasteiger partial charge is 0.302 e. The van der Waals surface area contributed by atoms with E-state index in [9.17, 15) is 14.7 Å². The zero-order valence-corrected chi connectivity index (χ0v) is 9.40. The molecule has 0 aliphatic heterocycles. The van der Waals surface area contributed by atoms with Crippen molar-refractivity contribution >= 4 is 12.3 Å². The second kappa shape index (κ2) is 4.74. The predicted molar refractivity (Wildman–Crippen MR) is 56.2 cm³/mol. The number of rotatable bonds is 3. The first kappa shape index (κ1) is 12.2. The van der Waals surface area contributed by atoms with E-state index >= 15 is 0 Å². The third-order valence-electron chi connectivity index (χ3n) is 2.28. The first-order chi connectivity index (χ1) is 7.47. The molecule has 0 aliphatic rings. The Kier molecular flexibility index (Phi) is 3.60. The Bertz CT molecular complexity index is 440. The number of aromatic nitrogens is 1. The fourth-order valence-corrected chi connectivity index (χ4v) is 1.36. The van der Waals surface area contributed by atoms with Crippen LogP contribution >= 0.6 is 0 Å². The van der Waals surface area contributed by atoms with E-state index in [4.69, 9.17) is 4.74 Å². The standard InChI is InChI=1S/C11H13NO4/c1-6-9(5-16-8(3)14)10(4-13)12-7(2)11(6)15/h4,15H,5H2,1-3H3. The van der Waals surface area contributed by atoms with E-state index in [-0.39, 0.29) is 18.1 Å². The lowest BCUT2D eigenvalue weighted by atomic mass is 10.1. The predicted octanol–water partition coefficient (Wildman–Crippen LogP) is 1.28. The summed E-state index contributed by atoms with van der Waals surface area (Å²) in [5, 5.41) is 9.65. The molecule has 1 aromatic heterocycles. The molecule has 0 radical (unpaired) electrons. The summed E-state index contributed by atoms with van der Waals surface area (Å²) in [4.78, 5) is 25.4. The van der Waals surface area contributed by atoms with Crippen molar-refractivity contribution in [1.29, 1.82) is 0 Å². The van der Waals surface area contributed by atoms with E-state index in [0.717, 1.165) is 0 Å². The average molecular weight is 223 g/mol. The highest BCUT2D eigenvalue weighted by atomic mass is 16.5. The van der Waals surface area contributed by atoms with Crippen LogP contribution in [0.15, 0.2) is 0 Å². The molecule has 1 heterocycles. The van der Waals surface area contributed by atoms with Gasteiger partial charge in [-0.25, -0.2) is 4.98 Å². The highest BCUT2D eigenvalue weighted by Gasteiger charge is 2.14. The number of ether oxygens (including phenoxy) is 1. The zero-order valence-electron chi connectivity index (χ0n) is 9.40. The number of aldehydes is 1. The van der Waals surface area contributed by atoms with Crippen LogP contribution in [0.5, 0.6) is 5.75 Å². The third-order valence-corrected chi connectivity index (χ3v) is 2.28. The molecule has 0 aliphatic carbocycles. The molecule has 1 rings (SSSR count). The van der Waals surface area contributed by atoms with Crippen LogP contribution in [0, 0.1) is 13.8 Å². The van der Waals surface area contributed by atoms with Crippen molar-refractivity contribution in [2.45, 2.75) is 27.4 Å². The summed E-state index contributed by atoms with van der Waals surface area (Å²) in [5.74, 6) is -0.427. The number of hydrogen-bond acceptors (Lipinski definition) is 5. The maximum Gasteiger partial charge on any atom is 0.302 e. The molecule has 5 heteroatoms. The molecule has 1 N–H and O–H groups in total. The number of aryl methyl sites for hydroxylation is 1. The van der Waals surface area contributed by atoms with Gasteiger partial charge < -0.3 is 9.84 Å². The first-order valence-corrected chi connectivity index (χ1v) is 4.75. The van der Waals surface area contributed by atoms with Gasteiger partial charge in [0.1, 0.15) is 18.1 Å². The van der Waals surface area contributed by atoms with Crippen LogP contribution in [0.25, 0.3) is 0 Å². The second-order valence-electron chi connectivity index (χ2n) is 3.43. The molecule has 0 saturated heterocycles. The fourth-order valence-electron chi connectivity index (χ4n) is 1.36. The lowest BCUT2D eigenvalue weighted by molar-refractivity contribution is -0.142. The number of aromatic hydroxyl groups is 1. The summed E-state index contributed by atoms with van der Waals surface area (Å²) in [7, 11) is 0. The van der Waals surface area contributed by atoms with E-state index in [1.807, 2.05) is 0 Å². The Morgan fingerprint density at radius 3 is 2.62 bits per heavy atom. The van der Waals surface area contributed by atoms with Gasteiger partial charge in [0, 0.05) is 18.1 Å². The van der Waals surface area contributed by atoms with Gasteiger partial charge >= 0.3 is 5.97 Å².